The van der Waals surface area contributed by atoms with Crippen LogP contribution in [0.1, 0.15) is 47.5 Å². The molecule has 0 saturated heterocycles. The zero-order valence-electron chi connectivity index (χ0n) is 14.7. The van der Waals surface area contributed by atoms with Crippen LogP contribution >= 0.6 is 11.6 Å². The van der Waals surface area contributed by atoms with Gasteiger partial charge in [-0.05, 0) is 50.8 Å². The molecule has 0 saturated carbocycles. The number of amides is 1. The van der Waals surface area contributed by atoms with Crippen molar-refractivity contribution in [3.05, 3.63) is 23.2 Å². The maximum absolute atomic E-state index is 12.6. The Bertz CT molecular complexity index is 519. The minimum atomic E-state index is -0.854. The maximum Gasteiger partial charge on any atom is 0.256 e. The summed E-state index contributed by atoms with van der Waals surface area (Å²) in [6.45, 7) is 11.0. The van der Waals surface area contributed by atoms with Crippen LogP contribution in [-0.4, -0.2) is 24.7 Å². The molecule has 1 N–H and O–H groups in total. The van der Waals surface area contributed by atoms with Gasteiger partial charge in [0, 0.05) is 12.3 Å². The van der Waals surface area contributed by atoms with Crippen LogP contribution in [0.25, 0.3) is 0 Å². The van der Waals surface area contributed by atoms with Gasteiger partial charge in [-0.1, -0.05) is 32.4 Å². The summed E-state index contributed by atoms with van der Waals surface area (Å²) in [7, 11) is 0. The second kappa shape index (κ2) is 9.14. The van der Waals surface area contributed by atoms with Gasteiger partial charge in [0.1, 0.15) is 11.4 Å². The number of halogens is 1. The van der Waals surface area contributed by atoms with E-state index < -0.39 is 5.60 Å². The summed E-state index contributed by atoms with van der Waals surface area (Å²) in [6.07, 6.45) is 1.56. The average molecular weight is 342 g/mol. The first-order valence-corrected chi connectivity index (χ1v) is 8.58. The average Bonchev–Trinajstić information content (AvgIpc) is 2.45. The molecule has 1 amide bonds. The minimum absolute atomic E-state index is 0.161. The predicted octanol–water partition coefficient (Wildman–Crippen LogP) is 4.91. The summed E-state index contributed by atoms with van der Waals surface area (Å²) >= 11 is 6.20. The molecular weight excluding hydrogens is 314 g/mol. The van der Waals surface area contributed by atoms with Gasteiger partial charge < -0.3 is 14.8 Å². The normalized spacial score (nSPS) is 13.7. The summed E-state index contributed by atoms with van der Waals surface area (Å²) in [5.41, 5.74) is -0.217. The van der Waals surface area contributed by atoms with Gasteiger partial charge in [0.2, 0.25) is 0 Å². The molecule has 0 aliphatic heterocycles. The smallest absolute Gasteiger partial charge is 0.256 e. The Morgan fingerprint density at radius 1 is 1.35 bits per heavy atom. The third-order valence-electron chi connectivity index (χ3n) is 3.39. The van der Waals surface area contributed by atoms with E-state index in [4.69, 9.17) is 21.1 Å². The van der Waals surface area contributed by atoms with E-state index in [1.165, 1.54) is 0 Å². The second-order valence-corrected chi connectivity index (χ2v) is 6.62. The first kappa shape index (κ1) is 19.8. The molecule has 0 aromatic heterocycles. The second-order valence-electron chi connectivity index (χ2n) is 6.21. The van der Waals surface area contributed by atoms with Crippen LogP contribution in [-0.2, 0) is 9.53 Å². The van der Waals surface area contributed by atoms with Crippen molar-refractivity contribution in [3.8, 4) is 5.75 Å². The molecule has 0 radical (unpaired) electrons. The molecule has 0 aliphatic rings. The number of ether oxygens (including phenoxy) is 2. The summed E-state index contributed by atoms with van der Waals surface area (Å²) in [5.74, 6) is 0.818. The molecule has 1 aromatic carbocycles. The lowest BCUT2D eigenvalue weighted by atomic mass is 9.93. The van der Waals surface area contributed by atoms with Crippen LogP contribution in [0.3, 0.4) is 0 Å². The van der Waals surface area contributed by atoms with Crippen molar-refractivity contribution >= 4 is 23.2 Å². The molecule has 1 rings (SSSR count). The Kier molecular flexibility index (Phi) is 7.86. The third kappa shape index (κ3) is 6.04. The van der Waals surface area contributed by atoms with E-state index in [0.29, 0.717) is 42.0 Å². The highest BCUT2D eigenvalue weighted by Gasteiger charge is 2.34. The third-order valence-corrected chi connectivity index (χ3v) is 3.69. The van der Waals surface area contributed by atoms with Crippen LogP contribution in [0.2, 0.25) is 5.02 Å². The number of benzene rings is 1. The summed E-state index contributed by atoms with van der Waals surface area (Å²) in [4.78, 5) is 12.6. The molecule has 4 nitrogen and oxygen atoms in total. The molecule has 0 unspecified atom stereocenters. The molecule has 1 aromatic rings. The van der Waals surface area contributed by atoms with Gasteiger partial charge in [0.05, 0.1) is 11.6 Å². The standard InChI is InChI=1S/C18H28ClNO3/c1-6-10-22-16-9-8-14(11-15(16)19)20-17(21)18(5,23-7-2)12-13(3)4/h8-9,11,13H,6-7,10,12H2,1-5H3,(H,20,21)/t18-/m0/s1. The highest BCUT2D eigenvalue weighted by atomic mass is 35.5. The number of anilines is 1. The number of hydrogen-bond donors (Lipinski definition) is 1. The molecule has 0 heterocycles. The van der Waals surface area contributed by atoms with Crippen molar-refractivity contribution in [3.63, 3.8) is 0 Å². The van der Waals surface area contributed by atoms with Crippen molar-refractivity contribution < 1.29 is 14.3 Å². The number of carbonyl (C=O) groups excluding carboxylic acids is 1. The molecule has 5 heteroatoms. The Morgan fingerprint density at radius 2 is 2.04 bits per heavy atom. The van der Waals surface area contributed by atoms with E-state index >= 15 is 0 Å². The Morgan fingerprint density at radius 3 is 2.57 bits per heavy atom. The van der Waals surface area contributed by atoms with Crippen LogP contribution in [0.5, 0.6) is 5.75 Å². The predicted molar refractivity (Wildman–Crippen MR) is 95.4 cm³/mol. The Labute approximate surface area is 144 Å². The van der Waals surface area contributed by atoms with Crippen molar-refractivity contribution in [1.29, 1.82) is 0 Å². The van der Waals surface area contributed by atoms with Crippen molar-refractivity contribution in [2.75, 3.05) is 18.5 Å². The molecule has 0 fully saturated rings. The molecular formula is C18H28ClNO3. The van der Waals surface area contributed by atoms with Crippen molar-refractivity contribution in [1.82, 2.24) is 0 Å². The summed E-state index contributed by atoms with van der Waals surface area (Å²) in [6, 6.07) is 5.26. The van der Waals surface area contributed by atoms with Gasteiger partial charge in [-0.2, -0.15) is 0 Å². The molecule has 130 valence electrons. The summed E-state index contributed by atoms with van der Waals surface area (Å²) in [5, 5.41) is 3.38. The molecule has 0 bridgehead atoms. The number of hydrogen-bond acceptors (Lipinski definition) is 3. The van der Waals surface area contributed by atoms with Gasteiger partial charge >= 0.3 is 0 Å². The Balaban J connectivity index is 2.84. The zero-order valence-corrected chi connectivity index (χ0v) is 15.5. The highest BCUT2D eigenvalue weighted by molar-refractivity contribution is 6.32. The van der Waals surface area contributed by atoms with Gasteiger partial charge in [-0.3, -0.25) is 4.79 Å². The monoisotopic (exact) mass is 341 g/mol. The van der Waals surface area contributed by atoms with Crippen molar-refractivity contribution in [2.24, 2.45) is 5.92 Å². The number of carbonyl (C=O) groups is 1. The van der Waals surface area contributed by atoms with Gasteiger partial charge in [0.25, 0.3) is 5.91 Å². The molecule has 0 aliphatic carbocycles. The fourth-order valence-corrected chi connectivity index (χ4v) is 2.72. The fourth-order valence-electron chi connectivity index (χ4n) is 2.49. The Hall–Kier alpha value is -1.26. The molecule has 1 atom stereocenters. The number of nitrogens with one attached hydrogen (secondary N) is 1. The lowest BCUT2D eigenvalue weighted by Gasteiger charge is -2.30. The van der Waals surface area contributed by atoms with Crippen LogP contribution in [0.15, 0.2) is 18.2 Å². The first-order chi connectivity index (χ1) is 10.8. The largest absolute Gasteiger partial charge is 0.492 e. The molecule has 23 heavy (non-hydrogen) atoms. The van der Waals surface area contributed by atoms with Gasteiger partial charge in [0.15, 0.2) is 0 Å². The first-order valence-electron chi connectivity index (χ1n) is 8.20. The van der Waals surface area contributed by atoms with E-state index in [0.717, 1.165) is 6.42 Å². The van der Waals surface area contributed by atoms with E-state index in [-0.39, 0.29) is 5.91 Å². The highest BCUT2D eigenvalue weighted by Crippen LogP contribution is 2.29. The lowest BCUT2D eigenvalue weighted by Crippen LogP contribution is -2.43. The van der Waals surface area contributed by atoms with E-state index in [1.54, 1.807) is 18.2 Å². The summed E-state index contributed by atoms with van der Waals surface area (Å²) < 4.78 is 11.2. The van der Waals surface area contributed by atoms with Crippen LogP contribution in [0, 0.1) is 5.92 Å². The van der Waals surface area contributed by atoms with Crippen LogP contribution < -0.4 is 10.1 Å². The van der Waals surface area contributed by atoms with Crippen molar-refractivity contribution in [2.45, 2.75) is 53.1 Å². The zero-order chi connectivity index (χ0) is 17.5. The molecule has 0 spiro atoms. The number of rotatable bonds is 9. The van der Waals surface area contributed by atoms with Gasteiger partial charge in [-0.15, -0.1) is 0 Å². The lowest BCUT2D eigenvalue weighted by molar-refractivity contribution is -0.140. The van der Waals surface area contributed by atoms with Gasteiger partial charge in [-0.25, -0.2) is 0 Å². The topological polar surface area (TPSA) is 47.6 Å². The van der Waals surface area contributed by atoms with E-state index in [1.807, 2.05) is 20.8 Å². The van der Waals surface area contributed by atoms with E-state index in [9.17, 15) is 4.79 Å². The quantitative estimate of drug-likeness (QED) is 0.694. The SMILES string of the molecule is CCCOc1ccc(NC(=O)[C@](C)(CC(C)C)OCC)cc1Cl. The fraction of sp³-hybridized carbons (Fsp3) is 0.611. The van der Waals surface area contributed by atoms with E-state index in [2.05, 4.69) is 19.2 Å². The van der Waals surface area contributed by atoms with Crippen LogP contribution in [0.4, 0.5) is 5.69 Å². The maximum atomic E-state index is 12.6. The minimum Gasteiger partial charge on any atom is -0.492 e.